The number of hydrogen-bond donors (Lipinski definition) is 1. The van der Waals surface area contributed by atoms with E-state index in [1.807, 2.05) is 0 Å². The molecule has 0 aliphatic heterocycles. The number of nitrogens with one attached hydrogen (secondary N) is 1. The van der Waals surface area contributed by atoms with Crippen molar-refractivity contribution in [2.75, 3.05) is 7.11 Å². The molecule has 9 nitrogen and oxygen atoms in total. The van der Waals surface area contributed by atoms with E-state index in [4.69, 9.17) is 4.74 Å². The largest absolute Gasteiger partial charge is 0.467 e. The van der Waals surface area contributed by atoms with Crippen LogP contribution in [0.2, 0.25) is 0 Å². The smallest absolute Gasteiger partial charge is 0.333 e. The Bertz CT molecular complexity index is 1000. The molecule has 1 N–H and O–H groups in total. The highest BCUT2D eigenvalue weighted by Crippen LogP contribution is 2.25. The minimum absolute atomic E-state index is 0.0420. The highest BCUT2D eigenvalue weighted by molar-refractivity contribution is 5.98. The number of hydrogen-bond acceptors (Lipinski definition) is 6. The third-order valence-electron chi connectivity index (χ3n) is 4.06. The maximum atomic E-state index is 12.7. The third-order valence-corrected chi connectivity index (χ3v) is 4.06. The van der Waals surface area contributed by atoms with Gasteiger partial charge in [0.1, 0.15) is 5.69 Å². The number of methoxy groups -OCH3 is 1. The summed E-state index contributed by atoms with van der Waals surface area (Å²) < 4.78 is 6.23. The Morgan fingerprint density at radius 1 is 1.21 bits per heavy atom. The van der Waals surface area contributed by atoms with Crippen molar-refractivity contribution in [1.82, 2.24) is 14.9 Å². The quantitative estimate of drug-likeness (QED) is 0.399. The van der Waals surface area contributed by atoms with Gasteiger partial charge in [-0.3, -0.25) is 14.9 Å². The number of rotatable bonds is 6. The van der Waals surface area contributed by atoms with Gasteiger partial charge < -0.3 is 14.6 Å². The summed E-state index contributed by atoms with van der Waals surface area (Å²) in [5.41, 5.74) is 0.583. The molecule has 3 aromatic rings. The average Bonchev–Trinajstić information content (AvgIpc) is 3.26. The van der Waals surface area contributed by atoms with Gasteiger partial charge in [0.25, 0.3) is 11.6 Å². The van der Waals surface area contributed by atoms with Gasteiger partial charge in [0.2, 0.25) is 0 Å². The van der Waals surface area contributed by atoms with Crippen LogP contribution in [0.4, 0.5) is 5.69 Å². The molecule has 1 aromatic heterocycles. The fourth-order valence-corrected chi connectivity index (χ4v) is 2.69. The van der Waals surface area contributed by atoms with E-state index in [-0.39, 0.29) is 16.9 Å². The molecule has 1 amide bonds. The van der Waals surface area contributed by atoms with E-state index < -0.39 is 22.8 Å². The lowest BCUT2D eigenvalue weighted by atomic mass is 10.1. The first-order valence-electron chi connectivity index (χ1n) is 8.21. The van der Waals surface area contributed by atoms with E-state index in [9.17, 15) is 19.7 Å². The van der Waals surface area contributed by atoms with Gasteiger partial charge in [-0.15, -0.1) is 0 Å². The summed E-state index contributed by atoms with van der Waals surface area (Å²) in [5, 5.41) is 14.0. The SMILES string of the molecule is COC(=O)C(NC(=O)c1ccc(-n2ccnc2)c([N+](=O)[O-])c1)c1ccccc1. The molecule has 0 aliphatic rings. The number of nitrogens with zero attached hydrogens (tertiary/aromatic N) is 3. The lowest BCUT2D eigenvalue weighted by molar-refractivity contribution is -0.384. The van der Waals surface area contributed by atoms with Gasteiger partial charge in [-0.25, -0.2) is 9.78 Å². The number of carbonyl (C=O) groups is 2. The first-order chi connectivity index (χ1) is 13.5. The minimum atomic E-state index is -1.04. The zero-order chi connectivity index (χ0) is 20.1. The number of benzene rings is 2. The topological polar surface area (TPSA) is 116 Å². The summed E-state index contributed by atoms with van der Waals surface area (Å²) >= 11 is 0. The number of nitro benzene ring substituents is 1. The highest BCUT2D eigenvalue weighted by atomic mass is 16.6. The summed E-state index contributed by atoms with van der Waals surface area (Å²) in [4.78, 5) is 39.5. The molecule has 28 heavy (non-hydrogen) atoms. The molecule has 9 heteroatoms. The maximum absolute atomic E-state index is 12.7. The lowest BCUT2D eigenvalue weighted by Crippen LogP contribution is -2.34. The Morgan fingerprint density at radius 3 is 2.57 bits per heavy atom. The molecule has 0 aliphatic carbocycles. The van der Waals surface area contributed by atoms with Gasteiger partial charge in [-0.1, -0.05) is 30.3 Å². The molecule has 0 fully saturated rings. The van der Waals surface area contributed by atoms with Gasteiger partial charge in [0, 0.05) is 24.0 Å². The van der Waals surface area contributed by atoms with Crippen molar-refractivity contribution in [1.29, 1.82) is 0 Å². The van der Waals surface area contributed by atoms with Crippen LogP contribution < -0.4 is 5.32 Å². The van der Waals surface area contributed by atoms with Crippen molar-refractivity contribution in [3.63, 3.8) is 0 Å². The molecular formula is C19H16N4O5. The van der Waals surface area contributed by atoms with Crippen molar-refractivity contribution < 1.29 is 19.2 Å². The van der Waals surface area contributed by atoms with Crippen LogP contribution in [-0.2, 0) is 9.53 Å². The predicted octanol–water partition coefficient (Wildman–Crippen LogP) is 2.42. The van der Waals surface area contributed by atoms with Crippen LogP contribution in [0.1, 0.15) is 22.0 Å². The Balaban J connectivity index is 1.92. The average molecular weight is 380 g/mol. The van der Waals surface area contributed by atoms with Crippen molar-refractivity contribution in [2.45, 2.75) is 6.04 Å². The lowest BCUT2D eigenvalue weighted by Gasteiger charge is -2.17. The van der Waals surface area contributed by atoms with E-state index in [1.165, 1.54) is 36.3 Å². The maximum Gasteiger partial charge on any atom is 0.333 e. The van der Waals surface area contributed by atoms with Crippen LogP contribution in [0.25, 0.3) is 5.69 Å². The summed E-state index contributed by atoms with van der Waals surface area (Å²) in [5.74, 6) is -1.29. The molecule has 0 spiro atoms. The second-order valence-electron chi connectivity index (χ2n) is 5.77. The predicted molar refractivity (Wildman–Crippen MR) is 98.9 cm³/mol. The number of esters is 1. The molecule has 0 saturated carbocycles. The Labute approximate surface area is 159 Å². The van der Waals surface area contributed by atoms with E-state index in [1.54, 1.807) is 36.5 Å². The van der Waals surface area contributed by atoms with Crippen molar-refractivity contribution in [3.8, 4) is 5.69 Å². The van der Waals surface area contributed by atoms with Crippen LogP contribution in [0, 0.1) is 10.1 Å². The molecule has 3 rings (SSSR count). The summed E-state index contributed by atoms with van der Waals surface area (Å²) in [6.07, 6.45) is 4.47. The Morgan fingerprint density at radius 2 is 1.96 bits per heavy atom. The molecule has 2 aromatic carbocycles. The highest BCUT2D eigenvalue weighted by Gasteiger charge is 2.25. The molecule has 1 atom stereocenters. The molecule has 1 heterocycles. The monoisotopic (exact) mass is 380 g/mol. The Hall–Kier alpha value is -4.01. The van der Waals surface area contributed by atoms with E-state index >= 15 is 0 Å². The van der Waals surface area contributed by atoms with Crippen LogP contribution in [0.3, 0.4) is 0 Å². The van der Waals surface area contributed by atoms with Gasteiger partial charge in [-0.2, -0.15) is 0 Å². The van der Waals surface area contributed by atoms with E-state index in [0.29, 0.717) is 5.56 Å². The number of amides is 1. The zero-order valence-electron chi connectivity index (χ0n) is 14.8. The molecule has 0 bridgehead atoms. The first kappa shape index (κ1) is 18.8. The molecule has 0 saturated heterocycles. The summed E-state index contributed by atoms with van der Waals surface area (Å²) in [6.45, 7) is 0. The molecular weight excluding hydrogens is 364 g/mol. The fourth-order valence-electron chi connectivity index (χ4n) is 2.69. The number of ether oxygens (including phenoxy) is 1. The standard InChI is InChI=1S/C19H16N4O5/c1-28-19(25)17(13-5-3-2-4-6-13)21-18(24)14-7-8-15(16(11-14)23(26)27)22-10-9-20-12-22/h2-12,17H,1H3,(H,21,24). The van der Waals surface area contributed by atoms with Crippen molar-refractivity contribution >= 4 is 17.6 Å². The number of imidazole rings is 1. The first-order valence-corrected chi connectivity index (χ1v) is 8.21. The number of nitro groups is 1. The second-order valence-corrected chi connectivity index (χ2v) is 5.77. The zero-order valence-corrected chi connectivity index (χ0v) is 14.8. The van der Waals surface area contributed by atoms with E-state index in [2.05, 4.69) is 10.3 Å². The van der Waals surface area contributed by atoms with Gasteiger partial charge in [0.05, 0.1) is 18.4 Å². The van der Waals surface area contributed by atoms with Crippen molar-refractivity contribution in [2.24, 2.45) is 0 Å². The number of aromatic nitrogens is 2. The fraction of sp³-hybridized carbons (Fsp3) is 0.105. The van der Waals surface area contributed by atoms with Crippen LogP contribution in [0.5, 0.6) is 0 Å². The second kappa shape index (κ2) is 8.12. The summed E-state index contributed by atoms with van der Waals surface area (Å²) in [7, 11) is 1.22. The van der Waals surface area contributed by atoms with Crippen molar-refractivity contribution in [3.05, 3.63) is 88.5 Å². The van der Waals surface area contributed by atoms with Gasteiger partial charge >= 0.3 is 5.97 Å². The van der Waals surface area contributed by atoms with E-state index in [0.717, 1.165) is 6.07 Å². The van der Waals surface area contributed by atoms with Crippen LogP contribution >= 0.6 is 0 Å². The molecule has 142 valence electrons. The normalized spacial score (nSPS) is 11.5. The molecule has 1 unspecified atom stereocenters. The third kappa shape index (κ3) is 3.88. The van der Waals surface area contributed by atoms with Gasteiger partial charge in [-0.05, 0) is 17.7 Å². The van der Waals surface area contributed by atoms with Crippen LogP contribution in [-0.4, -0.2) is 33.5 Å². The minimum Gasteiger partial charge on any atom is -0.467 e. The summed E-state index contributed by atoms with van der Waals surface area (Å²) in [6, 6.07) is 11.6. The van der Waals surface area contributed by atoms with Gasteiger partial charge in [0.15, 0.2) is 6.04 Å². The Kier molecular flexibility index (Phi) is 5.45. The number of carbonyl (C=O) groups excluding carboxylic acids is 2. The molecule has 0 radical (unpaired) electrons. The van der Waals surface area contributed by atoms with Crippen LogP contribution in [0.15, 0.2) is 67.3 Å².